The Balaban J connectivity index is 1.89. The molecule has 1 aliphatic heterocycles. The van der Waals surface area contributed by atoms with E-state index in [2.05, 4.69) is 20.8 Å². The Labute approximate surface area is 272 Å². The van der Waals surface area contributed by atoms with Crippen molar-refractivity contribution in [3.8, 4) is 0 Å². The average Bonchev–Trinajstić information content (AvgIpc) is 3.76. The summed E-state index contributed by atoms with van der Waals surface area (Å²) in [5.74, 6) is 1.40. The van der Waals surface area contributed by atoms with Gasteiger partial charge in [0.05, 0.1) is 0 Å². The van der Waals surface area contributed by atoms with E-state index >= 15 is 0 Å². The molecule has 0 radical (unpaired) electrons. The van der Waals surface area contributed by atoms with Crippen LogP contribution in [0.4, 0.5) is 0 Å². The Morgan fingerprint density at radius 2 is 0.907 bits per heavy atom. The van der Waals surface area contributed by atoms with Gasteiger partial charge in [-0.25, -0.2) is 0 Å². The molecule has 1 heterocycles. The van der Waals surface area contributed by atoms with Crippen LogP contribution in [0.15, 0.2) is 0 Å². The van der Waals surface area contributed by atoms with Gasteiger partial charge in [-0.15, -0.1) is 0 Å². The summed E-state index contributed by atoms with van der Waals surface area (Å²) in [6.07, 6.45) is 36.1. The standard InChI is InChI=1S/C38H72O4S/c1-4-6-8-10-12-13-14-15-16-17-18-23-27-31-36(39)41-33-38(34-43-38)42-37(40)32-28-24-20-19-22-26-30-35(3)29-25-21-11-9-7-5-2/h35H,4-34H2,1-3H3/p+1/t35-,38-/m0/s1. The van der Waals surface area contributed by atoms with Crippen molar-refractivity contribution in [2.75, 3.05) is 12.4 Å². The molecule has 0 aromatic rings. The van der Waals surface area contributed by atoms with Crippen LogP contribution >= 0.6 is 0 Å². The fraction of sp³-hybridized carbons (Fsp3) is 0.947. The quantitative estimate of drug-likeness (QED) is 0.0239. The molecule has 1 rings (SSSR count). The van der Waals surface area contributed by atoms with Crippen molar-refractivity contribution in [2.24, 2.45) is 5.92 Å². The lowest BCUT2D eigenvalue weighted by molar-refractivity contribution is -0.158. The molecule has 254 valence electrons. The van der Waals surface area contributed by atoms with Crippen LogP contribution in [-0.4, -0.2) is 29.2 Å². The SMILES string of the molecule is CCCCCCCCCCCCCCCC(=O)OC[C@@]1(OC(=O)CCCCCCCC[C@@H](C)CCCCCCCC)C[SH+]1. The zero-order chi connectivity index (χ0) is 31.3. The fourth-order valence-corrected chi connectivity index (χ4v) is 6.63. The normalized spacial score (nSPS) is 16.7. The highest BCUT2D eigenvalue weighted by molar-refractivity contribution is 7.87. The van der Waals surface area contributed by atoms with Gasteiger partial charge in [0.1, 0.15) is 0 Å². The molecule has 0 amide bonds. The summed E-state index contributed by atoms with van der Waals surface area (Å²) in [6, 6.07) is 0. The third-order valence-corrected chi connectivity index (χ3v) is 10.4. The van der Waals surface area contributed by atoms with Crippen molar-refractivity contribution < 1.29 is 19.1 Å². The molecule has 0 saturated carbocycles. The number of rotatable bonds is 33. The van der Waals surface area contributed by atoms with Crippen LogP contribution in [0.5, 0.6) is 0 Å². The van der Waals surface area contributed by atoms with Crippen molar-refractivity contribution in [3.05, 3.63) is 0 Å². The van der Waals surface area contributed by atoms with Gasteiger partial charge in [-0.3, -0.25) is 9.59 Å². The van der Waals surface area contributed by atoms with Crippen molar-refractivity contribution >= 4 is 23.7 Å². The highest BCUT2D eigenvalue weighted by Crippen LogP contribution is 2.31. The van der Waals surface area contributed by atoms with Gasteiger partial charge in [0, 0.05) is 24.6 Å². The first-order valence-corrected chi connectivity index (χ1v) is 20.2. The second-order valence-corrected chi connectivity index (χ2v) is 15.2. The lowest BCUT2D eigenvalue weighted by Crippen LogP contribution is -2.28. The largest absolute Gasteiger partial charge is 0.456 e. The van der Waals surface area contributed by atoms with Crippen LogP contribution in [0.3, 0.4) is 0 Å². The molecule has 1 aliphatic rings. The molecular formula is C38H73O4S+. The molecule has 5 heteroatoms. The molecule has 2 atom stereocenters. The van der Waals surface area contributed by atoms with Crippen LogP contribution in [-0.2, 0) is 30.8 Å². The van der Waals surface area contributed by atoms with E-state index in [9.17, 15) is 9.59 Å². The van der Waals surface area contributed by atoms with E-state index in [4.69, 9.17) is 9.47 Å². The monoisotopic (exact) mass is 626 g/mol. The van der Waals surface area contributed by atoms with E-state index in [0.29, 0.717) is 12.8 Å². The lowest BCUT2D eigenvalue weighted by Gasteiger charge is -2.11. The molecule has 0 aromatic carbocycles. The number of unbranched alkanes of at least 4 members (excludes halogenated alkanes) is 22. The zero-order valence-electron chi connectivity index (χ0n) is 29.1. The number of ether oxygens (including phenoxy) is 2. The van der Waals surface area contributed by atoms with Crippen molar-refractivity contribution in [2.45, 2.75) is 212 Å². The van der Waals surface area contributed by atoms with Crippen LogP contribution in [0.1, 0.15) is 207 Å². The molecule has 1 saturated heterocycles. The van der Waals surface area contributed by atoms with Crippen LogP contribution in [0.2, 0.25) is 0 Å². The Morgan fingerprint density at radius 3 is 1.30 bits per heavy atom. The van der Waals surface area contributed by atoms with Crippen molar-refractivity contribution in [3.63, 3.8) is 0 Å². The maximum atomic E-state index is 12.4. The fourth-order valence-electron chi connectivity index (χ4n) is 5.98. The van der Waals surface area contributed by atoms with Gasteiger partial charge in [0.25, 0.3) is 0 Å². The first-order chi connectivity index (χ1) is 21.0. The molecule has 0 N–H and O–H groups in total. The molecule has 4 nitrogen and oxygen atoms in total. The third kappa shape index (κ3) is 26.2. The van der Waals surface area contributed by atoms with Gasteiger partial charge >= 0.3 is 16.9 Å². The zero-order valence-corrected chi connectivity index (χ0v) is 30.0. The highest BCUT2D eigenvalue weighted by atomic mass is 32.2. The predicted molar refractivity (Wildman–Crippen MR) is 188 cm³/mol. The van der Waals surface area contributed by atoms with Gasteiger partial charge in [0.2, 0.25) is 5.75 Å². The minimum absolute atomic E-state index is 0.124. The first kappa shape index (κ1) is 40.3. The Hall–Kier alpha value is -0.710. The second-order valence-electron chi connectivity index (χ2n) is 13.7. The number of thiol groups is 1. The predicted octanol–water partition coefficient (Wildman–Crippen LogP) is 11.6. The van der Waals surface area contributed by atoms with E-state index < -0.39 is 4.93 Å². The second kappa shape index (κ2) is 28.7. The van der Waals surface area contributed by atoms with E-state index in [1.165, 1.54) is 148 Å². The summed E-state index contributed by atoms with van der Waals surface area (Å²) < 4.78 is 11.2. The Morgan fingerprint density at radius 1 is 0.558 bits per heavy atom. The summed E-state index contributed by atoms with van der Waals surface area (Å²) in [5.41, 5.74) is 0. The Kier molecular flexibility index (Phi) is 26.9. The maximum absolute atomic E-state index is 12.4. The van der Waals surface area contributed by atoms with E-state index in [1.54, 1.807) is 0 Å². The molecule has 0 spiro atoms. The average molecular weight is 626 g/mol. The summed E-state index contributed by atoms with van der Waals surface area (Å²) in [6.45, 7) is 7.21. The van der Waals surface area contributed by atoms with Gasteiger partial charge in [-0.2, -0.15) is 0 Å². The molecular weight excluding hydrogens is 552 g/mol. The van der Waals surface area contributed by atoms with E-state index in [-0.39, 0.29) is 18.5 Å². The number of carbonyl (C=O) groups is 2. The maximum Gasteiger partial charge on any atom is 0.345 e. The molecule has 0 aromatic heterocycles. The summed E-state index contributed by atoms with van der Waals surface area (Å²) >= 11 is 1.07. The minimum Gasteiger partial charge on any atom is -0.456 e. The van der Waals surface area contributed by atoms with Gasteiger partial charge in [0.15, 0.2) is 6.61 Å². The molecule has 43 heavy (non-hydrogen) atoms. The first-order valence-electron chi connectivity index (χ1n) is 19.1. The molecule has 0 aliphatic carbocycles. The minimum atomic E-state index is -0.547. The van der Waals surface area contributed by atoms with Gasteiger partial charge in [-0.05, 0) is 18.8 Å². The van der Waals surface area contributed by atoms with Crippen LogP contribution < -0.4 is 0 Å². The van der Waals surface area contributed by atoms with Crippen LogP contribution in [0.25, 0.3) is 0 Å². The third-order valence-electron chi connectivity index (χ3n) is 9.14. The Bertz CT molecular complexity index is 648. The molecule has 0 bridgehead atoms. The lowest BCUT2D eigenvalue weighted by atomic mass is 9.96. The number of carbonyl (C=O) groups excluding carboxylic acids is 2. The van der Waals surface area contributed by atoms with Crippen LogP contribution in [0, 0.1) is 5.92 Å². The smallest absolute Gasteiger partial charge is 0.345 e. The van der Waals surface area contributed by atoms with E-state index in [1.807, 2.05) is 0 Å². The summed E-state index contributed by atoms with van der Waals surface area (Å²) in [5, 5.41) is 0. The van der Waals surface area contributed by atoms with Gasteiger partial charge in [-0.1, -0.05) is 181 Å². The summed E-state index contributed by atoms with van der Waals surface area (Å²) in [4.78, 5) is 24.0. The molecule has 1 fully saturated rings. The van der Waals surface area contributed by atoms with E-state index in [0.717, 1.165) is 49.1 Å². The topological polar surface area (TPSA) is 52.6 Å². The molecule has 0 unspecified atom stereocenters. The highest BCUT2D eigenvalue weighted by Gasteiger charge is 2.61. The number of hydrogen-bond acceptors (Lipinski definition) is 4. The van der Waals surface area contributed by atoms with Crippen molar-refractivity contribution in [1.82, 2.24) is 0 Å². The number of hydrogen-bond donors (Lipinski definition) is 0. The summed E-state index contributed by atoms with van der Waals surface area (Å²) in [7, 11) is 0. The van der Waals surface area contributed by atoms with Gasteiger partial charge < -0.3 is 9.47 Å². The van der Waals surface area contributed by atoms with Crippen molar-refractivity contribution in [1.29, 1.82) is 0 Å². The number of esters is 2.